The first-order chi connectivity index (χ1) is 13.2. The first-order valence-electron chi connectivity index (χ1n) is 9.95. The molecule has 1 saturated carbocycles. The fraction of sp³-hybridized carbons (Fsp3) is 0.550. The van der Waals surface area contributed by atoms with Gasteiger partial charge >= 0.3 is 0 Å². The first-order valence-corrected chi connectivity index (χ1v) is 9.95. The average Bonchev–Trinajstić information content (AvgIpc) is 3.10. The summed E-state index contributed by atoms with van der Waals surface area (Å²) in [6, 6.07) is 9.69. The second kappa shape index (κ2) is 7.58. The summed E-state index contributed by atoms with van der Waals surface area (Å²) in [5.74, 6) is 0.789. The quantitative estimate of drug-likeness (QED) is 0.834. The maximum absolute atomic E-state index is 13.2. The third-order valence-electron chi connectivity index (χ3n) is 5.71. The summed E-state index contributed by atoms with van der Waals surface area (Å²) >= 11 is 0. The fourth-order valence-corrected chi connectivity index (χ4v) is 4.54. The van der Waals surface area contributed by atoms with Crippen LogP contribution < -0.4 is 10.7 Å². The van der Waals surface area contributed by atoms with E-state index in [1.54, 1.807) is 4.90 Å². The molecule has 7 nitrogen and oxygen atoms in total. The van der Waals surface area contributed by atoms with Crippen molar-refractivity contribution in [2.75, 3.05) is 11.9 Å². The van der Waals surface area contributed by atoms with Crippen LogP contribution >= 0.6 is 0 Å². The average molecular weight is 369 g/mol. The smallest absolute Gasteiger partial charge is 0.268 e. The topological polar surface area (TPSA) is 77.0 Å². The van der Waals surface area contributed by atoms with Crippen LogP contribution in [0, 0.1) is 0 Å². The fourth-order valence-electron chi connectivity index (χ4n) is 4.54. The third-order valence-corrected chi connectivity index (χ3v) is 5.71. The Hall–Kier alpha value is -2.57. The van der Waals surface area contributed by atoms with Crippen molar-refractivity contribution in [3.8, 4) is 0 Å². The van der Waals surface area contributed by atoms with Gasteiger partial charge < -0.3 is 15.1 Å². The number of hydrogen-bond donors (Lipinski definition) is 2. The molecule has 7 heteroatoms. The highest BCUT2D eigenvalue weighted by Gasteiger charge is 2.50. The Morgan fingerprint density at radius 1 is 1.22 bits per heavy atom. The zero-order valence-electron chi connectivity index (χ0n) is 15.7. The molecule has 1 saturated heterocycles. The molecule has 2 heterocycles. The number of amides is 2. The predicted octanol–water partition coefficient (Wildman–Crippen LogP) is 2.12. The SMILES string of the molecule is CCCC1=NNC2C(=O)N(CC(=O)Nc3ccccc3)C3CCCCC3N12. The van der Waals surface area contributed by atoms with E-state index in [0.29, 0.717) is 0 Å². The van der Waals surface area contributed by atoms with E-state index in [1.165, 1.54) is 0 Å². The van der Waals surface area contributed by atoms with Crippen LogP contribution in [-0.2, 0) is 9.59 Å². The van der Waals surface area contributed by atoms with E-state index in [-0.39, 0.29) is 30.4 Å². The van der Waals surface area contributed by atoms with E-state index in [4.69, 9.17) is 0 Å². The maximum atomic E-state index is 13.2. The third kappa shape index (κ3) is 3.38. The van der Waals surface area contributed by atoms with Crippen molar-refractivity contribution >= 4 is 23.3 Å². The van der Waals surface area contributed by atoms with E-state index < -0.39 is 6.17 Å². The molecule has 3 atom stereocenters. The zero-order chi connectivity index (χ0) is 18.8. The number of hydrogen-bond acceptors (Lipinski definition) is 5. The van der Waals surface area contributed by atoms with E-state index in [9.17, 15) is 9.59 Å². The molecule has 4 rings (SSSR count). The van der Waals surface area contributed by atoms with Crippen LogP contribution in [0.5, 0.6) is 0 Å². The van der Waals surface area contributed by atoms with Crippen LogP contribution in [0.3, 0.4) is 0 Å². The second-order valence-corrected chi connectivity index (χ2v) is 7.52. The number of nitrogens with one attached hydrogen (secondary N) is 2. The Morgan fingerprint density at radius 2 is 1.96 bits per heavy atom. The van der Waals surface area contributed by atoms with Gasteiger partial charge in [0.15, 0.2) is 6.17 Å². The second-order valence-electron chi connectivity index (χ2n) is 7.52. The van der Waals surface area contributed by atoms with Gasteiger partial charge in [0.05, 0.1) is 12.1 Å². The number of anilines is 1. The van der Waals surface area contributed by atoms with E-state index in [1.807, 2.05) is 30.3 Å². The summed E-state index contributed by atoms with van der Waals surface area (Å²) in [5.41, 5.74) is 3.77. The molecule has 3 unspecified atom stereocenters. The lowest BCUT2D eigenvalue weighted by Crippen LogP contribution is -2.69. The monoisotopic (exact) mass is 369 g/mol. The number of fused-ring (bicyclic) bond motifs is 3. The maximum Gasteiger partial charge on any atom is 0.268 e. The Morgan fingerprint density at radius 3 is 2.70 bits per heavy atom. The molecule has 27 heavy (non-hydrogen) atoms. The summed E-state index contributed by atoms with van der Waals surface area (Å²) in [5, 5.41) is 7.34. The highest BCUT2D eigenvalue weighted by Crippen LogP contribution is 2.35. The summed E-state index contributed by atoms with van der Waals surface area (Å²) < 4.78 is 0. The molecule has 0 bridgehead atoms. The van der Waals surface area contributed by atoms with Crippen LogP contribution in [0.4, 0.5) is 5.69 Å². The standard InChI is InChI=1S/C20H27N5O2/c1-2-8-17-22-23-19-20(27)24(15-11-6-7-12-16(15)25(17)19)13-18(26)21-14-9-4-3-5-10-14/h3-5,9-10,15-16,19,23H,2,6-8,11-13H2,1H3,(H,21,26). The number of carbonyl (C=O) groups is 2. The number of piperazine rings is 1. The minimum Gasteiger partial charge on any atom is -0.325 e. The normalized spacial score (nSPS) is 26.8. The van der Waals surface area contributed by atoms with Gasteiger partial charge in [0.25, 0.3) is 5.91 Å². The Labute approximate surface area is 159 Å². The van der Waals surface area contributed by atoms with Crippen molar-refractivity contribution in [3.63, 3.8) is 0 Å². The van der Waals surface area contributed by atoms with Gasteiger partial charge in [-0.05, 0) is 31.4 Å². The first kappa shape index (κ1) is 17.8. The van der Waals surface area contributed by atoms with E-state index in [2.05, 4.69) is 27.7 Å². The number of carbonyl (C=O) groups excluding carboxylic acids is 2. The number of benzene rings is 1. The van der Waals surface area contributed by atoms with Gasteiger partial charge in [0, 0.05) is 12.1 Å². The van der Waals surface area contributed by atoms with Gasteiger partial charge in [0.2, 0.25) is 5.91 Å². The van der Waals surface area contributed by atoms with Crippen molar-refractivity contribution in [2.24, 2.45) is 5.10 Å². The molecule has 2 amide bonds. The van der Waals surface area contributed by atoms with Gasteiger partial charge in [-0.2, -0.15) is 5.10 Å². The number of nitrogens with zero attached hydrogens (tertiary/aromatic N) is 3. The van der Waals surface area contributed by atoms with Crippen molar-refractivity contribution < 1.29 is 9.59 Å². The highest BCUT2D eigenvalue weighted by atomic mass is 16.2. The van der Waals surface area contributed by atoms with Gasteiger partial charge in [-0.15, -0.1) is 0 Å². The molecule has 2 aliphatic heterocycles. The lowest BCUT2D eigenvalue weighted by molar-refractivity contribution is -0.151. The van der Waals surface area contributed by atoms with Crippen molar-refractivity contribution in [3.05, 3.63) is 30.3 Å². The highest BCUT2D eigenvalue weighted by molar-refractivity contribution is 5.98. The predicted molar refractivity (Wildman–Crippen MR) is 104 cm³/mol. The molecule has 1 aromatic rings. The molecular formula is C20H27N5O2. The van der Waals surface area contributed by atoms with Crippen LogP contribution in [0.2, 0.25) is 0 Å². The summed E-state index contributed by atoms with van der Waals surface area (Å²) in [6.45, 7) is 2.21. The number of para-hydroxylation sites is 1. The number of rotatable bonds is 5. The van der Waals surface area contributed by atoms with Crippen LogP contribution in [0.25, 0.3) is 0 Å². The number of hydrazone groups is 1. The summed E-state index contributed by atoms with van der Waals surface area (Å²) in [7, 11) is 0. The molecule has 1 aromatic carbocycles. The van der Waals surface area contributed by atoms with E-state index >= 15 is 0 Å². The Bertz CT molecular complexity index is 735. The molecule has 0 spiro atoms. The molecule has 0 radical (unpaired) electrons. The van der Waals surface area contributed by atoms with Crippen LogP contribution in [0.15, 0.2) is 35.4 Å². The molecular weight excluding hydrogens is 342 g/mol. The molecule has 0 aromatic heterocycles. The largest absolute Gasteiger partial charge is 0.325 e. The minimum absolute atomic E-state index is 0.0452. The van der Waals surface area contributed by atoms with E-state index in [0.717, 1.165) is 50.0 Å². The number of amidine groups is 1. The van der Waals surface area contributed by atoms with Crippen LogP contribution in [0.1, 0.15) is 45.4 Å². The molecule has 1 aliphatic carbocycles. The minimum atomic E-state index is -0.463. The molecule has 3 aliphatic rings. The van der Waals surface area contributed by atoms with Crippen molar-refractivity contribution in [1.82, 2.24) is 15.2 Å². The van der Waals surface area contributed by atoms with Gasteiger partial charge in [-0.25, -0.2) is 0 Å². The Balaban J connectivity index is 1.51. The van der Waals surface area contributed by atoms with Gasteiger partial charge in [-0.3, -0.25) is 15.0 Å². The lowest BCUT2D eigenvalue weighted by atomic mass is 9.85. The zero-order valence-corrected chi connectivity index (χ0v) is 15.7. The van der Waals surface area contributed by atoms with Crippen molar-refractivity contribution in [2.45, 2.75) is 63.7 Å². The molecule has 144 valence electrons. The molecule has 2 fully saturated rings. The summed E-state index contributed by atoms with van der Waals surface area (Å²) in [4.78, 5) is 29.7. The summed E-state index contributed by atoms with van der Waals surface area (Å²) in [6.07, 6.45) is 5.63. The van der Waals surface area contributed by atoms with Crippen molar-refractivity contribution in [1.29, 1.82) is 0 Å². The van der Waals surface area contributed by atoms with Crippen LogP contribution in [-0.4, -0.2) is 52.2 Å². The van der Waals surface area contributed by atoms with Gasteiger partial charge in [-0.1, -0.05) is 38.0 Å². The Kier molecular flexibility index (Phi) is 5.01. The van der Waals surface area contributed by atoms with Gasteiger partial charge in [0.1, 0.15) is 12.4 Å². The lowest BCUT2D eigenvalue weighted by Gasteiger charge is -2.51. The molecule has 2 N–H and O–H groups in total.